The zero-order chi connectivity index (χ0) is 25.0. The summed E-state index contributed by atoms with van der Waals surface area (Å²) in [6.45, 7) is 2.43. The third kappa shape index (κ3) is 5.19. The van der Waals surface area contributed by atoms with Crippen molar-refractivity contribution < 1.29 is 5.11 Å². The second-order valence-corrected chi connectivity index (χ2v) is 10.6. The zero-order valence-electron chi connectivity index (χ0n) is 21.5. The lowest BCUT2D eigenvalue weighted by Crippen LogP contribution is -2.29. The second kappa shape index (κ2) is 10.9. The predicted molar refractivity (Wildman–Crippen MR) is 152 cm³/mol. The topological polar surface area (TPSA) is 53.6 Å². The molecule has 0 spiro atoms. The molecule has 5 nitrogen and oxygen atoms in total. The van der Waals surface area contributed by atoms with Crippen LogP contribution in [0.1, 0.15) is 62.1 Å². The molecule has 2 aliphatic rings. The van der Waals surface area contributed by atoms with Gasteiger partial charge in [-0.2, -0.15) is 5.10 Å². The summed E-state index contributed by atoms with van der Waals surface area (Å²) in [5.41, 5.74) is 6.48. The van der Waals surface area contributed by atoms with Gasteiger partial charge in [0.25, 0.3) is 0 Å². The first-order valence-corrected chi connectivity index (χ1v) is 13.9. The van der Waals surface area contributed by atoms with Gasteiger partial charge in [-0.05, 0) is 63.0 Å². The summed E-state index contributed by atoms with van der Waals surface area (Å²) >= 11 is 0. The normalized spacial score (nSPS) is 20.2. The number of aliphatic hydroxyl groups is 1. The molecule has 1 N–H and O–H groups in total. The highest BCUT2D eigenvalue weighted by Crippen LogP contribution is 2.38. The number of aliphatic hydroxyl groups excluding tert-OH is 1. The van der Waals surface area contributed by atoms with Crippen molar-refractivity contribution in [2.24, 2.45) is 10.9 Å². The van der Waals surface area contributed by atoms with Crippen LogP contribution < -0.4 is 4.90 Å². The summed E-state index contributed by atoms with van der Waals surface area (Å²) in [5, 5.41) is 15.7. The third-order valence-corrected chi connectivity index (χ3v) is 8.09. The number of hydrogen-bond acceptors (Lipinski definition) is 4. The first-order valence-electron chi connectivity index (χ1n) is 13.9. The van der Waals surface area contributed by atoms with Crippen molar-refractivity contribution in [3.8, 4) is 0 Å². The molecule has 190 valence electrons. The van der Waals surface area contributed by atoms with E-state index in [1.54, 1.807) is 0 Å². The summed E-state index contributed by atoms with van der Waals surface area (Å²) in [6.07, 6.45) is 10.2. The SMILES string of the molecule is OC[C@H]1CC[C@H](n2cc3cc(N=C(c4ccccc4)c4ccccc4)c(N4CCCCC4)cc3n2)CC1. The van der Waals surface area contributed by atoms with E-state index in [0.29, 0.717) is 18.6 Å². The van der Waals surface area contributed by atoms with Gasteiger partial charge in [-0.3, -0.25) is 4.68 Å². The smallest absolute Gasteiger partial charge is 0.0945 e. The number of benzene rings is 3. The Bertz CT molecular complexity index is 1310. The molecule has 4 aromatic rings. The van der Waals surface area contributed by atoms with Crippen molar-refractivity contribution in [1.82, 2.24) is 9.78 Å². The summed E-state index contributed by atoms with van der Waals surface area (Å²) in [4.78, 5) is 7.88. The van der Waals surface area contributed by atoms with E-state index in [-0.39, 0.29) is 0 Å². The minimum Gasteiger partial charge on any atom is -0.396 e. The van der Waals surface area contributed by atoms with E-state index in [4.69, 9.17) is 10.1 Å². The van der Waals surface area contributed by atoms with Crippen molar-refractivity contribution in [2.45, 2.75) is 51.0 Å². The van der Waals surface area contributed by atoms with E-state index < -0.39 is 0 Å². The van der Waals surface area contributed by atoms with E-state index in [1.807, 2.05) is 0 Å². The maximum Gasteiger partial charge on any atom is 0.0945 e. The van der Waals surface area contributed by atoms with Gasteiger partial charge in [0, 0.05) is 42.4 Å². The zero-order valence-corrected chi connectivity index (χ0v) is 21.5. The molecule has 1 saturated heterocycles. The fraction of sp³-hybridized carbons (Fsp3) is 0.375. The Morgan fingerprint density at radius 1 is 0.838 bits per heavy atom. The third-order valence-electron chi connectivity index (χ3n) is 8.09. The number of hydrogen-bond donors (Lipinski definition) is 1. The van der Waals surface area contributed by atoms with Crippen molar-refractivity contribution in [1.29, 1.82) is 0 Å². The van der Waals surface area contributed by atoms with E-state index in [9.17, 15) is 5.11 Å². The van der Waals surface area contributed by atoms with E-state index in [0.717, 1.165) is 72.2 Å². The molecule has 0 atom stereocenters. The van der Waals surface area contributed by atoms with E-state index in [1.165, 1.54) is 24.9 Å². The fourth-order valence-electron chi connectivity index (χ4n) is 5.93. The number of fused-ring (bicyclic) bond motifs is 1. The van der Waals surface area contributed by atoms with Crippen LogP contribution in [0.2, 0.25) is 0 Å². The molecule has 5 heteroatoms. The van der Waals surface area contributed by atoms with Gasteiger partial charge in [-0.15, -0.1) is 0 Å². The first-order chi connectivity index (χ1) is 18.3. The summed E-state index contributed by atoms with van der Waals surface area (Å²) in [7, 11) is 0. The van der Waals surface area contributed by atoms with Crippen molar-refractivity contribution in [2.75, 3.05) is 24.6 Å². The number of aliphatic imine (C=N–C) groups is 1. The van der Waals surface area contributed by atoms with Crippen LogP contribution in [0.3, 0.4) is 0 Å². The maximum atomic E-state index is 9.54. The van der Waals surface area contributed by atoms with E-state index in [2.05, 4.69) is 88.6 Å². The predicted octanol–water partition coefficient (Wildman–Crippen LogP) is 6.92. The summed E-state index contributed by atoms with van der Waals surface area (Å²) in [6, 6.07) is 25.9. The number of nitrogens with zero attached hydrogens (tertiary/aromatic N) is 4. The maximum absolute atomic E-state index is 9.54. The molecule has 1 saturated carbocycles. The minimum atomic E-state index is 0.305. The molecule has 1 aliphatic carbocycles. The average Bonchev–Trinajstić information content (AvgIpc) is 3.40. The Labute approximate surface area is 219 Å². The Balaban J connectivity index is 1.45. The largest absolute Gasteiger partial charge is 0.396 e. The molecule has 1 aromatic heterocycles. The van der Waals surface area contributed by atoms with Crippen LogP contribution in [0.15, 0.2) is 84.0 Å². The lowest BCUT2D eigenvalue weighted by Gasteiger charge is -2.30. The highest BCUT2D eigenvalue weighted by Gasteiger charge is 2.24. The monoisotopic (exact) mass is 492 g/mol. The molecular weight excluding hydrogens is 456 g/mol. The molecule has 0 radical (unpaired) electrons. The van der Waals surface area contributed by atoms with Crippen LogP contribution in [-0.2, 0) is 0 Å². The first kappa shape index (κ1) is 23.9. The van der Waals surface area contributed by atoms with Gasteiger partial charge in [0.05, 0.1) is 28.6 Å². The fourth-order valence-corrected chi connectivity index (χ4v) is 5.93. The second-order valence-electron chi connectivity index (χ2n) is 10.6. The van der Waals surface area contributed by atoms with Crippen LogP contribution in [0.25, 0.3) is 10.9 Å². The van der Waals surface area contributed by atoms with Crippen molar-refractivity contribution >= 4 is 28.0 Å². The van der Waals surface area contributed by atoms with Gasteiger partial charge in [0.1, 0.15) is 0 Å². The van der Waals surface area contributed by atoms with Gasteiger partial charge in [0.15, 0.2) is 0 Å². The van der Waals surface area contributed by atoms with Crippen LogP contribution in [0.4, 0.5) is 11.4 Å². The van der Waals surface area contributed by atoms with Gasteiger partial charge >= 0.3 is 0 Å². The number of aromatic nitrogens is 2. The van der Waals surface area contributed by atoms with Crippen molar-refractivity contribution in [3.63, 3.8) is 0 Å². The van der Waals surface area contributed by atoms with Crippen molar-refractivity contribution in [3.05, 3.63) is 90.1 Å². The highest BCUT2D eigenvalue weighted by molar-refractivity contribution is 6.14. The summed E-state index contributed by atoms with van der Waals surface area (Å²) in [5.74, 6) is 0.447. The molecule has 3 aromatic carbocycles. The Morgan fingerprint density at radius 2 is 1.49 bits per heavy atom. The molecule has 0 amide bonds. The lowest BCUT2D eigenvalue weighted by atomic mass is 9.87. The van der Waals surface area contributed by atoms with Crippen LogP contribution in [0, 0.1) is 5.92 Å². The lowest BCUT2D eigenvalue weighted by molar-refractivity contribution is 0.165. The average molecular weight is 493 g/mol. The molecule has 0 bridgehead atoms. The van der Waals surface area contributed by atoms with Gasteiger partial charge in [-0.25, -0.2) is 4.99 Å². The molecule has 6 rings (SSSR count). The van der Waals surface area contributed by atoms with E-state index >= 15 is 0 Å². The highest BCUT2D eigenvalue weighted by atomic mass is 16.3. The van der Waals surface area contributed by atoms with Crippen LogP contribution >= 0.6 is 0 Å². The molecule has 2 fully saturated rings. The summed E-state index contributed by atoms with van der Waals surface area (Å²) < 4.78 is 2.18. The molecule has 1 aliphatic heterocycles. The molecule has 37 heavy (non-hydrogen) atoms. The van der Waals surface area contributed by atoms with Gasteiger partial charge in [0.2, 0.25) is 0 Å². The Hall–Kier alpha value is -3.44. The minimum absolute atomic E-state index is 0.305. The van der Waals surface area contributed by atoms with Gasteiger partial charge < -0.3 is 10.0 Å². The van der Waals surface area contributed by atoms with Crippen LogP contribution in [-0.4, -0.2) is 40.3 Å². The number of anilines is 1. The quantitative estimate of drug-likeness (QED) is 0.297. The number of rotatable bonds is 6. The molecule has 0 unspecified atom stereocenters. The Kier molecular flexibility index (Phi) is 7.05. The molecule has 2 heterocycles. The van der Waals surface area contributed by atoms with Gasteiger partial charge in [-0.1, -0.05) is 60.7 Å². The van der Waals surface area contributed by atoms with Crippen LogP contribution in [0.5, 0.6) is 0 Å². The number of piperidine rings is 1. The standard InChI is InChI=1S/C32H36N4O/c37-23-24-14-16-28(17-15-24)36-22-27-20-30(31(21-29(27)34-36)35-18-8-3-9-19-35)33-32(25-10-4-1-5-11-25)26-12-6-2-7-13-26/h1-2,4-7,10-13,20-22,24,28,37H,3,8-9,14-19,23H2/t24-,28-. The Morgan fingerprint density at radius 3 is 2.11 bits per heavy atom. The molecular formula is C32H36N4O.